The molecule has 4 rings (SSSR count). The fraction of sp³-hybridized carbons (Fsp3) is 0.158. The Morgan fingerprint density at radius 3 is 2.64 bits per heavy atom. The van der Waals surface area contributed by atoms with Crippen molar-refractivity contribution >= 4 is 29.0 Å². The van der Waals surface area contributed by atoms with Crippen LogP contribution in [0.2, 0.25) is 0 Å². The topological polar surface area (TPSA) is 137 Å². The van der Waals surface area contributed by atoms with Gasteiger partial charge >= 0.3 is 18.2 Å². The SMILES string of the molecule is CC(=O)Nc1ccc(COC(=O)Nc2ccc(-c3noc(C(F)(F)F)n3)n3nccc23)cn1. The van der Waals surface area contributed by atoms with E-state index in [4.69, 9.17) is 4.74 Å². The second-order valence-corrected chi connectivity index (χ2v) is 6.62. The Balaban J connectivity index is 1.45. The molecule has 0 radical (unpaired) electrons. The molecule has 33 heavy (non-hydrogen) atoms. The lowest BCUT2D eigenvalue weighted by atomic mass is 10.2. The van der Waals surface area contributed by atoms with Gasteiger partial charge in [-0.3, -0.25) is 10.1 Å². The number of amides is 2. The predicted octanol–water partition coefficient (Wildman–Crippen LogP) is 3.51. The standard InChI is InChI=1S/C19H14F3N7O4/c1-10(30)25-15-5-2-11(8-23-15)9-32-18(31)26-12-3-4-14(29-13(12)6-7-24-29)16-27-17(33-28-16)19(20,21)22/h2-8H,9H2,1H3,(H,26,31)(H,23,25,30). The summed E-state index contributed by atoms with van der Waals surface area (Å²) in [5.41, 5.74) is 1.37. The summed E-state index contributed by atoms with van der Waals surface area (Å²) in [6.07, 6.45) is -2.72. The Morgan fingerprint density at radius 1 is 1.15 bits per heavy atom. The molecule has 0 aliphatic heterocycles. The first kappa shape index (κ1) is 21.7. The largest absolute Gasteiger partial charge is 0.471 e. The molecule has 0 spiro atoms. The van der Waals surface area contributed by atoms with Crippen molar-refractivity contribution in [2.24, 2.45) is 0 Å². The molecule has 0 fully saturated rings. The number of alkyl halides is 3. The molecule has 0 atom stereocenters. The third-order valence-corrected chi connectivity index (χ3v) is 4.19. The van der Waals surface area contributed by atoms with Crippen LogP contribution in [0.15, 0.2) is 47.2 Å². The van der Waals surface area contributed by atoms with Gasteiger partial charge in [0.25, 0.3) is 0 Å². The number of rotatable bonds is 5. The quantitative estimate of drug-likeness (QED) is 0.461. The number of carbonyl (C=O) groups is 2. The summed E-state index contributed by atoms with van der Waals surface area (Å²) in [6, 6.07) is 7.56. The highest BCUT2D eigenvalue weighted by Gasteiger charge is 2.38. The highest BCUT2D eigenvalue weighted by atomic mass is 19.4. The second kappa shape index (κ2) is 8.57. The zero-order valence-corrected chi connectivity index (χ0v) is 16.8. The van der Waals surface area contributed by atoms with E-state index in [1.165, 1.54) is 42.0 Å². The molecule has 0 unspecified atom stereocenters. The van der Waals surface area contributed by atoms with Crippen molar-refractivity contribution in [3.8, 4) is 11.5 Å². The number of aromatic nitrogens is 5. The molecule has 4 aromatic rings. The van der Waals surface area contributed by atoms with Crippen molar-refractivity contribution in [2.75, 3.05) is 10.6 Å². The van der Waals surface area contributed by atoms with E-state index in [-0.39, 0.29) is 24.0 Å². The Kier molecular flexibility index (Phi) is 5.64. The first-order chi connectivity index (χ1) is 15.7. The van der Waals surface area contributed by atoms with Gasteiger partial charge in [0.2, 0.25) is 11.7 Å². The summed E-state index contributed by atoms with van der Waals surface area (Å²) in [5, 5.41) is 12.5. The molecule has 4 aromatic heterocycles. The lowest BCUT2D eigenvalue weighted by Crippen LogP contribution is -2.14. The predicted molar refractivity (Wildman–Crippen MR) is 106 cm³/mol. The minimum Gasteiger partial charge on any atom is -0.444 e. The van der Waals surface area contributed by atoms with Crippen LogP contribution in [0.5, 0.6) is 0 Å². The molecule has 14 heteroatoms. The van der Waals surface area contributed by atoms with Gasteiger partial charge in [0.1, 0.15) is 18.1 Å². The third kappa shape index (κ3) is 4.89. The number of ether oxygens (including phenoxy) is 1. The van der Waals surface area contributed by atoms with Crippen molar-refractivity contribution < 1.29 is 32.0 Å². The molecule has 4 heterocycles. The van der Waals surface area contributed by atoms with Crippen LogP contribution < -0.4 is 10.6 Å². The molecule has 0 aliphatic carbocycles. The average molecular weight is 461 g/mol. The third-order valence-electron chi connectivity index (χ3n) is 4.19. The van der Waals surface area contributed by atoms with Gasteiger partial charge in [0.05, 0.1) is 17.4 Å². The molecule has 0 saturated heterocycles. The van der Waals surface area contributed by atoms with Gasteiger partial charge < -0.3 is 14.6 Å². The van der Waals surface area contributed by atoms with Crippen LogP contribution >= 0.6 is 0 Å². The summed E-state index contributed by atoms with van der Waals surface area (Å²) >= 11 is 0. The number of fused-ring (bicyclic) bond motifs is 1. The summed E-state index contributed by atoms with van der Waals surface area (Å²) in [6.45, 7) is 1.27. The van der Waals surface area contributed by atoms with E-state index in [0.717, 1.165) is 0 Å². The second-order valence-electron chi connectivity index (χ2n) is 6.62. The van der Waals surface area contributed by atoms with E-state index in [1.807, 2.05) is 0 Å². The number of anilines is 2. The number of hydrogen-bond donors (Lipinski definition) is 2. The van der Waals surface area contributed by atoms with Crippen molar-refractivity contribution in [1.82, 2.24) is 24.7 Å². The average Bonchev–Trinajstić information content (AvgIpc) is 3.43. The van der Waals surface area contributed by atoms with Crippen molar-refractivity contribution in [3.05, 3.63) is 54.2 Å². The van der Waals surface area contributed by atoms with Crippen LogP contribution in [0.25, 0.3) is 17.0 Å². The first-order valence-corrected chi connectivity index (χ1v) is 9.25. The molecule has 0 aliphatic rings. The van der Waals surface area contributed by atoms with Crippen LogP contribution in [0.4, 0.5) is 29.5 Å². The van der Waals surface area contributed by atoms with Crippen LogP contribution in [0.3, 0.4) is 0 Å². The zero-order chi connectivity index (χ0) is 23.6. The fourth-order valence-electron chi connectivity index (χ4n) is 2.79. The van der Waals surface area contributed by atoms with E-state index in [2.05, 4.69) is 35.4 Å². The maximum atomic E-state index is 12.7. The smallest absolute Gasteiger partial charge is 0.444 e. The molecule has 11 nitrogen and oxygen atoms in total. The van der Waals surface area contributed by atoms with E-state index in [0.29, 0.717) is 22.6 Å². The number of carbonyl (C=O) groups excluding carboxylic acids is 2. The Labute approximate surface area is 182 Å². The van der Waals surface area contributed by atoms with Crippen LogP contribution in [-0.4, -0.2) is 36.7 Å². The number of nitrogens with one attached hydrogen (secondary N) is 2. The monoisotopic (exact) mass is 461 g/mol. The molecule has 0 aromatic carbocycles. The summed E-state index contributed by atoms with van der Waals surface area (Å²) in [7, 11) is 0. The minimum atomic E-state index is -4.78. The van der Waals surface area contributed by atoms with E-state index in [1.54, 1.807) is 12.1 Å². The Bertz CT molecular complexity index is 1320. The summed E-state index contributed by atoms with van der Waals surface area (Å²) in [5.74, 6) is -1.70. The Hall–Kier alpha value is -4.49. The number of hydrogen-bond acceptors (Lipinski definition) is 8. The van der Waals surface area contributed by atoms with Crippen LogP contribution in [0, 0.1) is 0 Å². The van der Waals surface area contributed by atoms with Gasteiger partial charge in [-0.05, 0) is 24.3 Å². The summed E-state index contributed by atoms with van der Waals surface area (Å²) < 4.78 is 48.9. The van der Waals surface area contributed by atoms with Gasteiger partial charge in [-0.2, -0.15) is 23.3 Å². The first-order valence-electron chi connectivity index (χ1n) is 9.25. The van der Waals surface area contributed by atoms with Gasteiger partial charge in [0, 0.05) is 18.7 Å². The molecule has 0 saturated carbocycles. The molecule has 170 valence electrons. The minimum absolute atomic E-state index is 0.0874. The van der Waals surface area contributed by atoms with E-state index >= 15 is 0 Å². The molecular weight excluding hydrogens is 447 g/mol. The molecule has 2 amide bonds. The molecule has 0 bridgehead atoms. The number of halogens is 3. The van der Waals surface area contributed by atoms with Gasteiger partial charge in [-0.25, -0.2) is 14.3 Å². The van der Waals surface area contributed by atoms with Crippen molar-refractivity contribution in [1.29, 1.82) is 0 Å². The lowest BCUT2D eigenvalue weighted by molar-refractivity contribution is -0.159. The maximum absolute atomic E-state index is 12.7. The highest BCUT2D eigenvalue weighted by molar-refractivity contribution is 5.91. The van der Waals surface area contributed by atoms with Gasteiger partial charge in [-0.1, -0.05) is 11.2 Å². The van der Waals surface area contributed by atoms with Crippen molar-refractivity contribution in [3.63, 3.8) is 0 Å². The normalized spacial score (nSPS) is 11.4. The van der Waals surface area contributed by atoms with Gasteiger partial charge in [0.15, 0.2) is 0 Å². The van der Waals surface area contributed by atoms with Gasteiger partial charge in [-0.15, -0.1) is 0 Å². The fourth-order valence-corrected chi connectivity index (χ4v) is 2.79. The zero-order valence-electron chi connectivity index (χ0n) is 16.8. The molecular formula is C19H14F3N7O4. The van der Waals surface area contributed by atoms with E-state index < -0.39 is 18.2 Å². The van der Waals surface area contributed by atoms with Crippen molar-refractivity contribution in [2.45, 2.75) is 19.7 Å². The maximum Gasteiger partial charge on any atom is 0.471 e. The van der Waals surface area contributed by atoms with E-state index in [9.17, 15) is 22.8 Å². The molecule has 2 N–H and O–H groups in total. The highest BCUT2D eigenvalue weighted by Crippen LogP contribution is 2.30. The number of nitrogens with zero attached hydrogens (tertiary/aromatic N) is 5. The van der Waals surface area contributed by atoms with Crippen LogP contribution in [0.1, 0.15) is 18.4 Å². The van der Waals surface area contributed by atoms with Crippen LogP contribution in [-0.2, 0) is 22.3 Å². The lowest BCUT2D eigenvalue weighted by Gasteiger charge is -2.10. The Morgan fingerprint density at radius 2 is 1.97 bits per heavy atom. The summed E-state index contributed by atoms with van der Waals surface area (Å²) in [4.78, 5) is 30.6. The number of pyridine rings is 2.